The normalized spacial score (nSPS) is 15.8. The molecule has 2 aromatic carbocycles. The van der Waals surface area contributed by atoms with E-state index in [1.54, 1.807) is 18.3 Å². The number of nitrogens with two attached hydrogens (primary N) is 1. The lowest BCUT2D eigenvalue weighted by molar-refractivity contribution is 0.317. The van der Waals surface area contributed by atoms with Crippen molar-refractivity contribution in [2.24, 2.45) is 11.1 Å². The number of hydrogen-bond acceptors (Lipinski definition) is 4. The maximum atomic E-state index is 14.1. The van der Waals surface area contributed by atoms with E-state index in [9.17, 15) is 14.0 Å². The summed E-state index contributed by atoms with van der Waals surface area (Å²) in [5, 5.41) is 10.8. The van der Waals surface area contributed by atoms with Crippen LogP contribution in [0.25, 0.3) is 10.2 Å². The minimum absolute atomic E-state index is 0.132. The highest BCUT2D eigenvalue weighted by Gasteiger charge is 2.31. The van der Waals surface area contributed by atoms with E-state index >= 15 is 0 Å². The van der Waals surface area contributed by atoms with E-state index in [0.717, 1.165) is 39.0 Å². The molecule has 0 aliphatic rings. The van der Waals surface area contributed by atoms with E-state index in [0.29, 0.717) is 19.3 Å². The van der Waals surface area contributed by atoms with Crippen LogP contribution in [0, 0.1) is 35.3 Å². The van der Waals surface area contributed by atoms with Gasteiger partial charge in [-0.05, 0) is 75.9 Å². The zero-order valence-electron chi connectivity index (χ0n) is 16.2. The van der Waals surface area contributed by atoms with Crippen molar-refractivity contribution in [3.63, 3.8) is 0 Å². The second-order valence-electron chi connectivity index (χ2n) is 7.93. The molecular weight excluding hydrogens is 376 g/mol. The Morgan fingerprint density at radius 1 is 1.14 bits per heavy atom. The second kappa shape index (κ2) is 7.57. The number of nitriles is 1. The molecule has 0 aliphatic carbocycles. The van der Waals surface area contributed by atoms with Gasteiger partial charge in [0.15, 0.2) is 0 Å². The Morgan fingerprint density at radius 3 is 2.61 bits per heavy atom. The number of aryl methyl sites for hydroxylation is 1. The lowest BCUT2D eigenvalue weighted by Gasteiger charge is -2.30. The molecule has 3 nitrogen and oxygen atoms in total. The van der Waals surface area contributed by atoms with Crippen LogP contribution in [0.2, 0.25) is 0 Å². The third-order valence-electron chi connectivity index (χ3n) is 5.16. The molecule has 0 spiro atoms. The van der Waals surface area contributed by atoms with Crippen LogP contribution in [-0.2, 0) is 12.0 Å². The van der Waals surface area contributed by atoms with Crippen LogP contribution in [0.15, 0.2) is 36.4 Å². The summed E-state index contributed by atoms with van der Waals surface area (Å²) in [5.74, 6) is -1.06. The highest BCUT2D eigenvalue weighted by atomic mass is 32.1. The van der Waals surface area contributed by atoms with Gasteiger partial charge in [-0.1, -0.05) is 6.07 Å². The molecule has 2 atom stereocenters. The molecule has 0 saturated heterocycles. The largest absolute Gasteiger partial charge is 0.322 e. The monoisotopic (exact) mass is 399 g/mol. The first kappa shape index (κ1) is 20.4. The van der Waals surface area contributed by atoms with Crippen LogP contribution in [0.5, 0.6) is 0 Å². The van der Waals surface area contributed by atoms with Crippen LogP contribution < -0.4 is 5.73 Å². The van der Waals surface area contributed by atoms with Gasteiger partial charge in [-0.25, -0.2) is 13.8 Å². The van der Waals surface area contributed by atoms with Gasteiger partial charge < -0.3 is 5.73 Å². The Kier molecular flexibility index (Phi) is 5.51. The van der Waals surface area contributed by atoms with Gasteiger partial charge in [0.25, 0.3) is 0 Å². The third kappa shape index (κ3) is 4.37. The summed E-state index contributed by atoms with van der Waals surface area (Å²) < 4.78 is 28.8. The van der Waals surface area contributed by atoms with Gasteiger partial charge >= 0.3 is 0 Å². The van der Waals surface area contributed by atoms with Gasteiger partial charge in [-0.15, -0.1) is 11.3 Å². The number of halogens is 2. The number of fused-ring (bicyclic) bond motifs is 1. The molecule has 1 aromatic heterocycles. The lowest BCUT2D eigenvalue weighted by Crippen LogP contribution is -2.36. The van der Waals surface area contributed by atoms with E-state index in [1.165, 1.54) is 0 Å². The van der Waals surface area contributed by atoms with Crippen molar-refractivity contribution in [3.05, 3.63) is 64.2 Å². The maximum Gasteiger partial charge on any atom is 0.128 e. The van der Waals surface area contributed by atoms with Crippen LogP contribution in [0.3, 0.4) is 0 Å². The molecule has 0 aliphatic heterocycles. The van der Waals surface area contributed by atoms with E-state index in [1.807, 2.05) is 32.0 Å². The quantitative estimate of drug-likeness (QED) is 0.586. The van der Waals surface area contributed by atoms with Crippen LogP contribution in [0.4, 0.5) is 8.78 Å². The molecule has 146 valence electrons. The summed E-state index contributed by atoms with van der Waals surface area (Å²) in [5.41, 5.74) is 6.66. The molecule has 1 heterocycles. The summed E-state index contributed by atoms with van der Waals surface area (Å²) in [6.07, 6.45) is 1.35. The number of aromatic nitrogens is 1. The lowest BCUT2D eigenvalue weighted by atomic mass is 9.76. The molecule has 0 radical (unpaired) electrons. The zero-order chi connectivity index (χ0) is 20.5. The molecule has 3 rings (SSSR count). The topological polar surface area (TPSA) is 62.7 Å². The zero-order valence-corrected chi connectivity index (χ0v) is 17.0. The van der Waals surface area contributed by atoms with Crippen LogP contribution >= 0.6 is 11.3 Å². The molecular formula is C22H23F2N3S. The fraction of sp³-hybridized carbons (Fsp3) is 0.364. The minimum Gasteiger partial charge on any atom is -0.322 e. The second-order valence-corrected chi connectivity index (χ2v) is 9.16. The van der Waals surface area contributed by atoms with E-state index in [2.05, 4.69) is 11.1 Å². The molecule has 2 N–H and O–H groups in total. The number of thiazole rings is 1. The highest BCUT2D eigenvalue weighted by molar-refractivity contribution is 7.18. The first-order chi connectivity index (χ1) is 13.1. The fourth-order valence-corrected chi connectivity index (χ4v) is 4.25. The highest BCUT2D eigenvalue weighted by Crippen LogP contribution is 2.35. The Labute approximate surface area is 167 Å². The Bertz CT molecular complexity index is 1050. The average Bonchev–Trinajstić information content (AvgIpc) is 3.01. The molecule has 0 saturated carbocycles. The minimum atomic E-state index is -1.07. The maximum absolute atomic E-state index is 14.1. The molecule has 6 heteroatoms. The van der Waals surface area contributed by atoms with Crippen molar-refractivity contribution >= 4 is 21.6 Å². The predicted octanol–water partition coefficient (Wildman–Crippen LogP) is 5.61. The van der Waals surface area contributed by atoms with Gasteiger partial charge in [0.2, 0.25) is 0 Å². The van der Waals surface area contributed by atoms with Crippen molar-refractivity contribution in [2.45, 2.75) is 45.6 Å². The Hall–Kier alpha value is -2.36. The number of benzene rings is 2. The first-order valence-electron chi connectivity index (χ1n) is 9.14. The molecule has 0 fully saturated rings. The number of nitrogens with zero attached hydrogens (tertiary/aromatic N) is 2. The third-order valence-corrected chi connectivity index (χ3v) is 6.11. The fourth-order valence-electron chi connectivity index (χ4n) is 3.44. The van der Waals surface area contributed by atoms with Gasteiger partial charge in [-0.2, -0.15) is 5.26 Å². The van der Waals surface area contributed by atoms with Gasteiger partial charge in [0.1, 0.15) is 11.6 Å². The number of hydrogen-bond donors (Lipinski definition) is 1. The molecule has 0 bridgehead atoms. The Morgan fingerprint density at radius 2 is 1.89 bits per heavy atom. The summed E-state index contributed by atoms with van der Waals surface area (Å²) in [7, 11) is 0. The van der Waals surface area contributed by atoms with Crippen molar-refractivity contribution in [3.8, 4) is 6.07 Å². The average molecular weight is 400 g/mol. The van der Waals surface area contributed by atoms with E-state index in [4.69, 9.17) is 5.73 Å². The Balaban J connectivity index is 1.77. The van der Waals surface area contributed by atoms with Crippen LogP contribution in [0.1, 0.15) is 42.8 Å². The van der Waals surface area contributed by atoms with Crippen LogP contribution in [-0.4, -0.2) is 4.98 Å². The summed E-state index contributed by atoms with van der Waals surface area (Å²) in [6.45, 7) is 5.52. The SMILES string of the molecule is Cc1nc2cc(CC(C)(C#N)CC[C@](C)(N)c3cc(F)ccc3F)ccc2s1. The predicted molar refractivity (Wildman–Crippen MR) is 109 cm³/mol. The molecule has 1 unspecified atom stereocenters. The van der Waals surface area contributed by atoms with E-state index in [-0.39, 0.29) is 5.56 Å². The smallest absolute Gasteiger partial charge is 0.128 e. The summed E-state index contributed by atoms with van der Waals surface area (Å²) in [4.78, 5) is 4.51. The van der Waals surface area contributed by atoms with Crippen molar-refractivity contribution < 1.29 is 8.78 Å². The van der Waals surface area contributed by atoms with Gasteiger partial charge in [-0.3, -0.25) is 0 Å². The van der Waals surface area contributed by atoms with Gasteiger partial charge in [0.05, 0.1) is 26.7 Å². The van der Waals surface area contributed by atoms with Crippen molar-refractivity contribution in [1.82, 2.24) is 4.98 Å². The van der Waals surface area contributed by atoms with Crippen molar-refractivity contribution in [2.75, 3.05) is 0 Å². The molecule has 0 amide bonds. The first-order valence-corrected chi connectivity index (χ1v) is 9.95. The summed E-state index contributed by atoms with van der Waals surface area (Å²) >= 11 is 1.64. The number of rotatable bonds is 6. The molecule has 3 aromatic rings. The standard InChI is InChI=1S/C22H23F2N3S/c1-14-27-19-10-15(4-7-20(19)28-14)12-21(2,13-25)8-9-22(3,26)17-11-16(23)5-6-18(17)24/h4-7,10-11H,8-9,12,26H2,1-3H3/t21?,22-/m0/s1. The van der Waals surface area contributed by atoms with Crippen molar-refractivity contribution in [1.29, 1.82) is 5.26 Å². The van der Waals surface area contributed by atoms with Gasteiger partial charge in [0, 0.05) is 11.1 Å². The summed E-state index contributed by atoms with van der Waals surface area (Å²) in [6, 6.07) is 11.8. The molecule has 28 heavy (non-hydrogen) atoms. The van der Waals surface area contributed by atoms with E-state index < -0.39 is 22.6 Å².